The fourth-order valence-electron chi connectivity index (χ4n) is 4.17. The molecule has 3 rings (SSSR count). The number of nitrogens with one attached hydrogen (secondary N) is 1. The standard InChI is InChI=1S/C26H33NO2S/c1-4-12-19(13-5-2)23(6-3)29-26(28)25(27-20-14-8-7-9-15-20)22-18-30-24-17-11-10-16-21(22)24/h7-11,14-19,23,25,27H,4-6,12-13H2,1-3H3/t23-,25?/m0/s1. The summed E-state index contributed by atoms with van der Waals surface area (Å²) in [5, 5.41) is 6.63. The van der Waals surface area contributed by atoms with Crippen molar-refractivity contribution in [2.75, 3.05) is 5.32 Å². The summed E-state index contributed by atoms with van der Waals surface area (Å²) >= 11 is 1.67. The number of para-hydroxylation sites is 1. The van der Waals surface area contributed by atoms with Crippen LogP contribution >= 0.6 is 11.3 Å². The molecule has 0 amide bonds. The smallest absolute Gasteiger partial charge is 0.333 e. The molecule has 1 aromatic heterocycles. The molecule has 0 aliphatic carbocycles. The van der Waals surface area contributed by atoms with E-state index in [1.165, 1.54) is 4.70 Å². The molecule has 30 heavy (non-hydrogen) atoms. The molecular weight excluding hydrogens is 390 g/mol. The predicted octanol–water partition coefficient (Wildman–Crippen LogP) is 7.59. The maximum Gasteiger partial charge on any atom is 0.333 e. The monoisotopic (exact) mass is 423 g/mol. The van der Waals surface area contributed by atoms with Gasteiger partial charge in [0.1, 0.15) is 6.10 Å². The number of rotatable bonds is 11. The van der Waals surface area contributed by atoms with Crippen molar-refractivity contribution in [3.63, 3.8) is 0 Å². The fraction of sp³-hybridized carbons (Fsp3) is 0.423. The van der Waals surface area contributed by atoms with Crippen molar-refractivity contribution >= 4 is 33.1 Å². The van der Waals surface area contributed by atoms with Crippen LogP contribution in [0, 0.1) is 5.92 Å². The summed E-state index contributed by atoms with van der Waals surface area (Å²) in [6.07, 6.45) is 5.22. The molecule has 0 saturated carbocycles. The van der Waals surface area contributed by atoms with Gasteiger partial charge in [-0.05, 0) is 54.1 Å². The highest BCUT2D eigenvalue weighted by molar-refractivity contribution is 7.17. The average molecular weight is 424 g/mol. The van der Waals surface area contributed by atoms with Gasteiger partial charge in [0.05, 0.1) is 0 Å². The van der Waals surface area contributed by atoms with Crippen molar-refractivity contribution in [1.29, 1.82) is 0 Å². The molecule has 0 fully saturated rings. The number of hydrogen-bond acceptors (Lipinski definition) is 4. The molecule has 0 bridgehead atoms. The normalized spacial score (nSPS) is 13.3. The molecular formula is C26H33NO2S. The number of thiophene rings is 1. The molecule has 2 aromatic carbocycles. The molecule has 0 saturated heterocycles. The first kappa shape index (κ1) is 22.4. The third-order valence-corrected chi connectivity index (χ3v) is 6.64. The minimum absolute atomic E-state index is 0.0395. The molecule has 0 spiro atoms. The molecule has 2 atom stereocenters. The number of hydrogen-bond donors (Lipinski definition) is 1. The first-order chi connectivity index (χ1) is 14.7. The summed E-state index contributed by atoms with van der Waals surface area (Å²) in [6, 6.07) is 17.6. The summed E-state index contributed by atoms with van der Waals surface area (Å²) < 4.78 is 7.36. The summed E-state index contributed by atoms with van der Waals surface area (Å²) in [5.74, 6) is 0.233. The van der Waals surface area contributed by atoms with Gasteiger partial charge >= 0.3 is 5.97 Å². The van der Waals surface area contributed by atoms with Gasteiger partial charge in [-0.3, -0.25) is 0 Å². The molecule has 1 heterocycles. The Morgan fingerprint density at radius 1 is 0.967 bits per heavy atom. The second-order valence-electron chi connectivity index (χ2n) is 7.85. The van der Waals surface area contributed by atoms with Crippen LogP contribution in [0.15, 0.2) is 60.0 Å². The van der Waals surface area contributed by atoms with Crippen LogP contribution in [-0.2, 0) is 9.53 Å². The molecule has 0 aliphatic rings. The van der Waals surface area contributed by atoms with Crippen molar-refractivity contribution in [3.8, 4) is 0 Å². The topological polar surface area (TPSA) is 38.3 Å². The van der Waals surface area contributed by atoms with E-state index in [-0.39, 0.29) is 12.1 Å². The summed E-state index contributed by atoms with van der Waals surface area (Å²) in [5.41, 5.74) is 1.91. The van der Waals surface area contributed by atoms with Gasteiger partial charge in [-0.1, -0.05) is 70.0 Å². The Balaban J connectivity index is 1.90. The zero-order valence-corrected chi connectivity index (χ0v) is 19.1. The molecule has 1 unspecified atom stereocenters. The van der Waals surface area contributed by atoms with E-state index in [4.69, 9.17) is 4.74 Å². The van der Waals surface area contributed by atoms with Crippen LogP contribution in [0.4, 0.5) is 5.69 Å². The molecule has 0 aliphatic heterocycles. The van der Waals surface area contributed by atoms with E-state index in [0.29, 0.717) is 5.92 Å². The molecule has 3 nitrogen and oxygen atoms in total. The lowest BCUT2D eigenvalue weighted by Gasteiger charge is -2.28. The fourth-order valence-corrected chi connectivity index (χ4v) is 5.16. The highest BCUT2D eigenvalue weighted by Gasteiger charge is 2.30. The molecule has 1 N–H and O–H groups in total. The van der Waals surface area contributed by atoms with E-state index in [0.717, 1.165) is 48.7 Å². The predicted molar refractivity (Wildman–Crippen MR) is 128 cm³/mol. The lowest BCUT2D eigenvalue weighted by atomic mass is 9.90. The average Bonchev–Trinajstić information content (AvgIpc) is 3.20. The third kappa shape index (κ3) is 5.42. The first-order valence-corrected chi connectivity index (χ1v) is 12.0. The number of anilines is 1. The lowest BCUT2D eigenvalue weighted by molar-refractivity contribution is -0.153. The van der Waals surface area contributed by atoms with Gasteiger partial charge in [-0.15, -0.1) is 11.3 Å². The van der Waals surface area contributed by atoms with Crippen molar-refractivity contribution in [1.82, 2.24) is 0 Å². The van der Waals surface area contributed by atoms with Crippen LogP contribution in [0.25, 0.3) is 10.1 Å². The quantitative estimate of drug-likeness (QED) is 0.323. The Morgan fingerprint density at radius 2 is 1.63 bits per heavy atom. The number of carbonyl (C=O) groups excluding carboxylic acids is 1. The van der Waals surface area contributed by atoms with Gasteiger partial charge in [0.15, 0.2) is 6.04 Å². The van der Waals surface area contributed by atoms with E-state index in [1.54, 1.807) is 11.3 Å². The number of fused-ring (bicyclic) bond motifs is 1. The lowest BCUT2D eigenvalue weighted by Crippen LogP contribution is -2.31. The largest absolute Gasteiger partial charge is 0.460 e. The van der Waals surface area contributed by atoms with Crippen molar-refractivity contribution in [3.05, 3.63) is 65.5 Å². The van der Waals surface area contributed by atoms with Gasteiger partial charge in [-0.25, -0.2) is 4.79 Å². The number of benzene rings is 2. The Morgan fingerprint density at radius 3 is 2.30 bits per heavy atom. The van der Waals surface area contributed by atoms with Crippen LogP contribution < -0.4 is 5.32 Å². The van der Waals surface area contributed by atoms with Gasteiger partial charge < -0.3 is 10.1 Å². The number of ether oxygens (including phenoxy) is 1. The van der Waals surface area contributed by atoms with Crippen molar-refractivity contribution in [2.45, 2.75) is 65.0 Å². The molecule has 160 valence electrons. The molecule has 0 radical (unpaired) electrons. The van der Waals surface area contributed by atoms with E-state index in [2.05, 4.69) is 43.6 Å². The Kier molecular flexibility index (Phi) is 8.32. The SMILES string of the molecule is CCCC(CCC)[C@H](CC)OC(=O)C(Nc1ccccc1)c1csc2ccccc12. The maximum absolute atomic E-state index is 13.5. The van der Waals surface area contributed by atoms with E-state index in [9.17, 15) is 4.79 Å². The summed E-state index contributed by atoms with van der Waals surface area (Å²) in [6.45, 7) is 6.53. The highest BCUT2D eigenvalue weighted by Crippen LogP contribution is 2.34. The van der Waals surface area contributed by atoms with Crippen molar-refractivity contribution in [2.24, 2.45) is 5.92 Å². The second kappa shape index (κ2) is 11.2. The first-order valence-electron chi connectivity index (χ1n) is 11.2. The summed E-state index contributed by atoms with van der Waals surface area (Å²) in [7, 11) is 0. The highest BCUT2D eigenvalue weighted by atomic mass is 32.1. The zero-order chi connectivity index (χ0) is 21.3. The van der Waals surface area contributed by atoms with Gasteiger partial charge in [0, 0.05) is 16.0 Å². The van der Waals surface area contributed by atoms with Gasteiger partial charge in [-0.2, -0.15) is 0 Å². The molecule has 3 aromatic rings. The third-order valence-electron chi connectivity index (χ3n) is 5.66. The van der Waals surface area contributed by atoms with Crippen LogP contribution in [-0.4, -0.2) is 12.1 Å². The minimum Gasteiger partial charge on any atom is -0.460 e. The van der Waals surface area contributed by atoms with Crippen LogP contribution in [0.3, 0.4) is 0 Å². The Hall–Kier alpha value is -2.33. The second-order valence-corrected chi connectivity index (χ2v) is 8.76. The van der Waals surface area contributed by atoms with Crippen LogP contribution in [0.2, 0.25) is 0 Å². The molecule has 4 heteroatoms. The summed E-state index contributed by atoms with van der Waals surface area (Å²) in [4.78, 5) is 13.5. The van der Waals surface area contributed by atoms with E-state index < -0.39 is 6.04 Å². The van der Waals surface area contributed by atoms with E-state index in [1.807, 2.05) is 42.5 Å². The van der Waals surface area contributed by atoms with Gasteiger partial charge in [0.25, 0.3) is 0 Å². The number of esters is 1. The number of carbonyl (C=O) groups is 1. The maximum atomic E-state index is 13.5. The Bertz CT molecular complexity index is 915. The van der Waals surface area contributed by atoms with Crippen molar-refractivity contribution < 1.29 is 9.53 Å². The minimum atomic E-state index is -0.526. The van der Waals surface area contributed by atoms with Gasteiger partial charge in [0.2, 0.25) is 0 Å². The Labute approximate surface area is 184 Å². The van der Waals surface area contributed by atoms with Crippen LogP contribution in [0.1, 0.15) is 64.5 Å². The van der Waals surface area contributed by atoms with E-state index >= 15 is 0 Å². The zero-order valence-electron chi connectivity index (χ0n) is 18.3. The van der Waals surface area contributed by atoms with Crippen LogP contribution in [0.5, 0.6) is 0 Å².